The molecular formula is C13H22N4O2S. The summed E-state index contributed by atoms with van der Waals surface area (Å²) in [6, 6.07) is 0. The molecule has 4 N–H and O–H groups in total. The molecule has 1 fully saturated rings. The van der Waals surface area contributed by atoms with Crippen LogP contribution in [0.15, 0.2) is 0 Å². The number of aliphatic hydroxyl groups excluding tert-OH is 1. The van der Waals surface area contributed by atoms with Gasteiger partial charge in [-0.25, -0.2) is 4.98 Å². The average molecular weight is 298 g/mol. The van der Waals surface area contributed by atoms with E-state index >= 15 is 0 Å². The van der Waals surface area contributed by atoms with E-state index in [0.717, 1.165) is 30.9 Å². The minimum atomic E-state index is -0.195. The zero-order valence-electron chi connectivity index (χ0n) is 11.9. The van der Waals surface area contributed by atoms with Gasteiger partial charge in [0.1, 0.15) is 10.7 Å². The Morgan fingerprint density at radius 3 is 2.90 bits per heavy atom. The summed E-state index contributed by atoms with van der Waals surface area (Å²) in [4.78, 5) is 18.8. The van der Waals surface area contributed by atoms with E-state index in [1.165, 1.54) is 11.3 Å². The molecule has 0 aromatic carbocycles. The maximum Gasteiger partial charge on any atom is 0.265 e. The van der Waals surface area contributed by atoms with Gasteiger partial charge in [0.15, 0.2) is 5.13 Å². The Morgan fingerprint density at radius 1 is 1.60 bits per heavy atom. The van der Waals surface area contributed by atoms with Crippen LogP contribution in [0.2, 0.25) is 0 Å². The van der Waals surface area contributed by atoms with Crippen molar-refractivity contribution >= 4 is 28.2 Å². The molecule has 0 saturated heterocycles. The minimum absolute atomic E-state index is 0.169. The van der Waals surface area contributed by atoms with Crippen molar-refractivity contribution in [3.05, 3.63) is 4.88 Å². The quantitative estimate of drug-likeness (QED) is 0.731. The lowest BCUT2D eigenvalue weighted by Gasteiger charge is -2.31. The number of aliphatic hydroxyl groups is 1. The third-order valence-corrected chi connectivity index (χ3v) is 4.68. The van der Waals surface area contributed by atoms with E-state index in [2.05, 4.69) is 17.2 Å². The zero-order valence-corrected chi connectivity index (χ0v) is 12.7. The topological polar surface area (TPSA) is 91.5 Å². The number of thiazole rings is 1. The van der Waals surface area contributed by atoms with Crippen molar-refractivity contribution in [1.29, 1.82) is 0 Å². The van der Waals surface area contributed by atoms with Crippen molar-refractivity contribution in [2.45, 2.75) is 32.3 Å². The van der Waals surface area contributed by atoms with Gasteiger partial charge in [-0.3, -0.25) is 4.79 Å². The highest BCUT2D eigenvalue weighted by molar-refractivity contribution is 7.18. The molecule has 1 amide bonds. The number of anilines is 2. The van der Waals surface area contributed by atoms with Gasteiger partial charge < -0.3 is 21.1 Å². The molecule has 2 rings (SSSR count). The number of carbonyl (C=O) groups is 1. The van der Waals surface area contributed by atoms with Crippen LogP contribution < -0.4 is 16.0 Å². The lowest BCUT2D eigenvalue weighted by Crippen LogP contribution is -2.38. The van der Waals surface area contributed by atoms with Gasteiger partial charge in [-0.15, -0.1) is 0 Å². The van der Waals surface area contributed by atoms with Crippen LogP contribution in [0.4, 0.5) is 10.9 Å². The second-order valence-electron chi connectivity index (χ2n) is 5.33. The van der Waals surface area contributed by atoms with Crippen molar-refractivity contribution in [2.75, 3.05) is 30.8 Å². The molecule has 1 aromatic rings. The van der Waals surface area contributed by atoms with Crippen LogP contribution in [-0.2, 0) is 0 Å². The van der Waals surface area contributed by atoms with E-state index in [1.807, 2.05) is 11.9 Å². The fourth-order valence-corrected chi connectivity index (χ4v) is 3.15. The molecule has 0 spiro atoms. The molecule has 0 bridgehead atoms. The first-order valence-electron chi connectivity index (χ1n) is 6.95. The fraction of sp³-hybridized carbons (Fsp3) is 0.692. The van der Waals surface area contributed by atoms with Gasteiger partial charge in [-0.1, -0.05) is 18.3 Å². The summed E-state index contributed by atoms with van der Waals surface area (Å²) in [5.74, 6) is 0.502. The summed E-state index contributed by atoms with van der Waals surface area (Å²) < 4.78 is 0. The maximum absolute atomic E-state index is 12.1. The number of nitrogens with two attached hydrogens (primary N) is 1. The van der Waals surface area contributed by atoms with Gasteiger partial charge in [0.05, 0.1) is 6.10 Å². The molecule has 0 unspecified atom stereocenters. The number of nitrogens with one attached hydrogen (secondary N) is 1. The number of hydrogen-bond donors (Lipinski definition) is 3. The van der Waals surface area contributed by atoms with Crippen LogP contribution in [0.3, 0.4) is 0 Å². The monoisotopic (exact) mass is 298 g/mol. The third kappa shape index (κ3) is 3.40. The number of nitrogens with zero attached hydrogens (tertiary/aromatic N) is 2. The van der Waals surface area contributed by atoms with E-state index in [1.54, 1.807) is 0 Å². The molecule has 20 heavy (non-hydrogen) atoms. The van der Waals surface area contributed by atoms with Gasteiger partial charge in [0, 0.05) is 20.1 Å². The molecule has 7 heteroatoms. The molecule has 112 valence electrons. The van der Waals surface area contributed by atoms with E-state index < -0.39 is 0 Å². The van der Waals surface area contributed by atoms with Crippen LogP contribution >= 0.6 is 11.3 Å². The van der Waals surface area contributed by atoms with E-state index in [4.69, 9.17) is 5.73 Å². The van der Waals surface area contributed by atoms with Crippen LogP contribution in [0.1, 0.15) is 35.9 Å². The molecule has 1 aromatic heterocycles. The molecule has 0 atom stereocenters. The second-order valence-corrected chi connectivity index (χ2v) is 6.31. The van der Waals surface area contributed by atoms with Gasteiger partial charge in [0.25, 0.3) is 5.91 Å². The molecule has 0 radical (unpaired) electrons. The average Bonchev–Trinajstić information content (AvgIpc) is 2.75. The summed E-state index contributed by atoms with van der Waals surface area (Å²) in [6.07, 6.45) is 2.35. The first-order valence-corrected chi connectivity index (χ1v) is 7.76. The number of amides is 1. The minimum Gasteiger partial charge on any atom is -0.393 e. The highest BCUT2D eigenvalue weighted by Gasteiger charge is 2.28. The Bertz CT molecular complexity index is 471. The first-order chi connectivity index (χ1) is 9.51. The van der Waals surface area contributed by atoms with Crippen LogP contribution in [-0.4, -0.2) is 42.2 Å². The van der Waals surface area contributed by atoms with E-state index in [9.17, 15) is 9.90 Å². The second kappa shape index (κ2) is 6.41. The van der Waals surface area contributed by atoms with Crippen molar-refractivity contribution < 1.29 is 9.90 Å². The third-order valence-electron chi connectivity index (χ3n) is 3.50. The molecular weight excluding hydrogens is 276 g/mol. The van der Waals surface area contributed by atoms with Crippen LogP contribution in [0, 0.1) is 5.92 Å². The van der Waals surface area contributed by atoms with E-state index in [-0.39, 0.29) is 12.0 Å². The Morgan fingerprint density at radius 2 is 2.30 bits per heavy atom. The molecule has 6 nitrogen and oxygen atoms in total. The highest BCUT2D eigenvalue weighted by atomic mass is 32.1. The summed E-state index contributed by atoms with van der Waals surface area (Å²) in [7, 11) is 1.94. The molecule has 1 aliphatic rings. The predicted octanol–water partition coefficient (Wildman–Crippen LogP) is 1.07. The summed E-state index contributed by atoms with van der Waals surface area (Å²) in [6.45, 7) is 3.56. The van der Waals surface area contributed by atoms with Gasteiger partial charge in [-0.05, 0) is 25.2 Å². The number of carbonyl (C=O) groups excluding carboxylic acids is 1. The Labute approximate surface area is 123 Å². The molecule has 1 heterocycles. The van der Waals surface area contributed by atoms with Gasteiger partial charge in [0.2, 0.25) is 0 Å². The zero-order chi connectivity index (χ0) is 14.7. The molecule has 1 saturated carbocycles. The van der Waals surface area contributed by atoms with Crippen molar-refractivity contribution in [3.8, 4) is 0 Å². The van der Waals surface area contributed by atoms with E-state index in [0.29, 0.717) is 23.2 Å². The number of aromatic nitrogens is 1. The molecule has 0 aliphatic heterocycles. The lowest BCUT2D eigenvalue weighted by atomic mass is 9.82. The highest BCUT2D eigenvalue weighted by Crippen LogP contribution is 2.29. The Kier molecular flexibility index (Phi) is 4.82. The van der Waals surface area contributed by atoms with Gasteiger partial charge in [-0.2, -0.15) is 0 Å². The standard InChI is InChI=1S/C13H22N4O2S/c1-3-4-17(2)13-16-11(14)10(20-13)12(19)15-7-8-5-9(18)6-8/h8-9,18H,3-7,14H2,1-2H3,(H,15,19). The predicted molar refractivity (Wildman–Crippen MR) is 81.2 cm³/mol. The fourth-order valence-electron chi connectivity index (χ4n) is 2.26. The number of rotatable bonds is 6. The normalized spacial score (nSPS) is 21.4. The van der Waals surface area contributed by atoms with Crippen LogP contribution in [0.25, 0.3) is 0 Å². The number of nitrogen functional groups attached to an aromatic ring is 1. The SMILES string of the molecule is CCCN(C)c1nc(N)c(C(=O)NCC2CC(O)C2)s1. The van der Waals surface area contributed by atoms with Crippen LogP contribution in [0.5, 0.6) is 0 Å². The van der Waals surface area contributed by atoms with Crippen molar-refractivity contribution in [1.82, 2.24) is 10.3 Å². The van der Waals surface area contributed by atoms with Gasteiger partial charge >= 0.3 is 0 Å². The largest absolute Gasteiger partial charge is 0.393 e. The van der Waals surface area contributed by atoms with Crippen molar-refractivity contribution in [2.24, 2.45) is 5.92 Å². The number of hydrogen-bond acceptors (Lipinski definition) is 6. The smallest absolute Gasteiger partial charge is 0.265 e. The van der Waals surface area contributed by atoms with Crippen molar-refractivity contribution in [3.63, 3.8) is 0 Å². The maximum atomic E-state index is 12.1. The summed E-state index contributed by atoms with van der Waals surface area (Å²) in [5.41, 5.74) is 5.82. The summed E-state index contributed by atoms with van der Waals surface area (Å²) in [5, 5.41) is 12.9. The lowest BCUT2D eigenvalue weighted by molar-refractivity contribution is 0.0420. The molecule has 1 aliphatic carbocycles. The first kappa shape index (κ1) is 15.1. The Balaban J connectivity index is 1.92. The Hall–Kier alpha value is -1.34. The summed E-state index contributed by atoms with van der Waals surface area (Å²) >= 11 is 1.32.